The van der Waals surface area contributed by atoms with Crippen LogP contribution in [0.15, 0.2) is 18.2 Å². The Labute approximate surface area is 115 Å². The normalized spacial score (nSPS) is 10.2. The number of alkyl halides is 1. The number of aryl methyl sites for hydroxylation is 1. The number of nitrogens with zero attached hydrogens (tertiary/aromatic N) is 1. The Hall–Kier alpha value is -1.66. The van der Waals surface area contributed by atoms with Crippen molar-refractivity contribution in [2.24, 2.45) is 0 Å². The molecule has 0 saturated carbocycles. The summed E-state index contributed by atoms with van der Waals surface area (Å²) in [5.41, 5.74) is 0.954. The van der Waals surface area contributed by atoms with Gasteiger partial charge in [-0.2, -0.15) is 0 Å². The predicted molar refractivity (Wildman–Crippen MR) is 71.7 cm³/mol. The van der Waals surface area contributed by atoms with Crippen LogP contribution in [0.2, 0.25) is 0 Å². The number of nitro groups is 1. The van der Waals surface area contributed by atoms with E-state index in [2.05, 4.69) is 5.32 Å². The molecular formula is C12H15ClN2O4. The van der Waals surface area contributed by atoms with Crippen molar-refractivity contribution in [1.29, 1.82) is 0 Å². The Morgan fingerprint density at radius 2 is 2.21 bits per heavy atom. The zero-order valence-corrected chi connectivity index (χ0v) is 11.3. The fraction of sp³-hybridized carbons (Fsp3) is 0.417. The number of benzene rings is 1. The van der Waals surface area contributed by atoms with Crippen LogP contribution in [0.25, 0.3) is 0 Å². The van der Waals surface area contributed by atoms with Crippen molar-refractivity contribution in [1.82, 2.24) is 5.32 Å². The highest BCUT2D eigenvalue weighted by atomic mass is 35.5. The van der Waals surface area contributed by atoms with Gasteiger partial charge in [-0.1, -0.05) is 0 Å². The Kier molecular flexibility index (Phi) is 6.24. The third kappa shape index (κ3) is 4.84. The molecule has 7 heteroatoms. The SMILES string of the molecule is Cc1cc([N+](=O)[O-])ccc1C(=O)NCCOCCCl. The average molecular weight is 287 g/mol. The van der Waals surface area contributed by atoms with Gasteiger partial charge in [0.25, 0.3) is 11.6 Å². The van der Waals surface area contributed by atoms with Crippen LogP contribution in [0.3, 0.4) is 0 Å². The van der Waals surface area contributed by atoms with Crippen molar-refractivity contribution in [3.63, 3.8) is 0 Å². The Morgan fingerprint density at radius 1 is 1.47 bits per heavy atom. The van der Waals surface area contributed by atoms with Gasteiger partial charge in [0.1, 0.15) is 0 Å². The lowest BCUT2D eigenvalue weighted by Gasteiger charge is -2.07. The van der Waals surface area contributed by atoms with E-state index < -0.39 is 4.92 Å². The lowest BCUT2D eigenvalue weighted by atomic mass is 10.1. The van der Waals surface area contributed by atoms with Crippen molar-refractivity contribution < 1.29 is 14.5 Å². The van der Waals surface area contributed by atoms with Gasteiger partial charge >= 0.3 is 0 Å². The number of nitrogens with one attached hydrogen (secondary N) is 1. The first-order valence-electron chi connectivity index (χ1n) is 5.73. The summed E-state index contributed by atoms with van der Waals surface area (Å²) in [6, 6.07) is 4.13. The van der Waals surface area contributed by atoms with E-state index in [9.17, 15) is 14.9 Å². The zero-order valence-electron chi connectivity index (χ0n) is 10.5. The highest BCUT2D eigenvalue weighted by Gasteiger charge is 2.12. The van der Waals surface area contributed by atoms with Crippen molar-refractivity contribution in [2.45, 2.75) is 6.92 Å². The zero-order chi connectivity index (χ0) is 14.3. The molecule has 19 heavy (non-hydrogen) atoms. The quantitative estimate of drug-likeness (QED) is 0.359. The Bertz CT molecular complexity index is 465. The second-order valence-electron chi connectivity index (χ2n) is 3.81. The third-order valence-corrected chi connectivity index (χ3v) is 2.57. The summed E-state index contributed by atoms with van der Waals surface area (Å²) in [6.45, 7) is 2.84. The molecule has 0 heterocycles. The van der Waals surface area contributed by atoms with E-state index in [1.807, 2.05) is 0 Å². The minimum Gasteiger partial charge on any atom is -0.378 e. The molecule has 1 rings (SSSR count). The summed E-state index contributed by atoms with van der Waals surface area (Å²) in [4.78, 5) is 21.9. The first kappa shape index (κ1) is 15.4. The number of non-ortho nitro benzene ring substituents is 1. The predicted octanol–water partition coefficient (Wildman–Crippen LogP) is 1.89. The summed E-state index contributed by atoms with van der Waals surface area (Å²) in [7, 11) is 0. The van der Waals surface area contributed by atoms with Crippen LogP contribution in [-0.2, 0) is 4.74 Å². The van der Waals surface area contributed by atoms with Gasteiger partial charge < -0.3 is 10.1 Å². The van der Waals surface area contributed by atoms with Crippen LogP contribution >= 0.6 is 11.6 Å². The first-order chi connectivity index (χ1) is 9.06. The lowest BCUT2D eigenvalue weighted by Crippen LogP contribution is -2.28. The Morgan fingerprint density at radius 3 is 2.79 bits per heavy atom. The molecule has 1 N–H and O–H groups in total. The van der Waals surface area contributed by atoms with E-state index in [1.54, 1.807) is 6.92 Å². The van der Waals surface area contributed by atoms with Crippen LogP contribution in [0.5, 0.6) is 0 Å². The van der Waals surface area contributed by atoms with Gasteiger partial charge in [0.05, 0.1) is 18.1 Å². The van der Waals surface area contributed by atoms with E-state index in [0.717, 1.165) is 0 Å². The molecule has 0 aliphatic heterocycles. The van der Waals surface area contributed by atoms with Gasteiger partial charge in [-0.05, 0) is 18.6 Å². The number of halogens is 1. The number of ether oxygens (including phenoxy) is 1. The van der Waals surface area contributed by atoms with Gasteiger partial charge in [0.2, 0.25) is 0 Å². The number of nitro benzene ring substituents is 1. The molecule has 0 radical (unpaired) electrons. The maximum absolute atomic E-state index is 11.8. The van der Waals surface area contributed by atoms with Crippen molar-refractivity contribution in [3.05, 3.63) is 39.4 Å². The maximum atomic E-state index is 11.8. The molecule has 0 atom stereocenters. The molecule has 104 valence electrons. The van der Waals surface area contributed by atoms with Gasteiger partial charge in [-0.3, -0.25) is 14.9 Å². The van der Waals surface area contributed by atoms with Gasteiger partial charge in [0, 0.05) is 30.1 Å². The fourth-order valence-corrected chi connectivity index (χ4v) is 1.61. The maximum Gasteiger partial charge on any atom is 0.269 e. The van der Waals surface area contributed by atoms with Crippen LogP contribution in [0.1, 0.15) is 15.9 Å². The second-order valence-corrected chi connectivity index (χ2v) is 4.19. The van der Waals surface area contributed by atoms with E-state index in [1.165, 1.54) is 18.2 Å². The van der Waals surface area contributed by atoms with Gasteiger partial charge in [-0.25, -0.2) is 0 Å². The highest BCUT2D eigenvalue weighted by molar-refractivity contribution is 6.17. The molecule has 1 amide bonds. The van der Waals surface area contributed by atoms with E-state index in [4.69, 9.17) is 16.3 Å². The molecule has 0 bridgehead atoms. The van der Waals surface area contributed by atoms with E-state index in [0.29, 0.717) is 36.8 Å². The van der Waals surface area contributed by atoms with Crippen molar-refractivity contribution in [3.8, 4) is 0 Å². The minimum atomic E-state index is -0.491. The number of carbonyl (C=O) groups excluding carboxylic acids is 1. The topological polar surface area (TPSA) is 81.5 Å². The molecule has 0 spiro atoms. The van der Waals surface area contributed by atoms with Crippen LogP contribution < -0.4 is 5.32 Å². The molecule has 1 aromatic carbocycles. The molecular weight excluding hydrogens is 272 g/mol. The van der Waals surface area contributed by atoms with Gasteiger partial charge in [0.15, 0.2) is 0 Å². The smallest absolute Gasteiger partial charge is 0.269 e. The summed E-state index contributed by atoms with van der Waals surface area (Å²) in [5.74, 6) is 0.136. The summed E-state index contributed by atoms with van der Waals surface area (Å²) >= 11 is 5.43. The van der Waals surface area contributed by atoms with Crippen molar-refractivity contribution in [2.75, 3.05) is 25.6 Å². The molecule has 0 saturated heterocycles. The Balaban J connectivity index is 2.55. The first-order valence-corrected chi connectivity index (χ1v) is 6.26. The van der Waals surface area contributed by atoms with Crippen LogP contribution in [0, 0.1) is 17.0 Å². The lowest BCUT2D eigenvalue weighted by molar-refractivity contribution is -0.384. The standard InChI is InChI=1S/C12H15ClN2O4/c1-9-8-10(15(17)18)2-3-11(9)12(16)14-5-7-19-6-4-13/h2-3,8H,4-7H2,1H3,(H,14,16). The van der Waals surface area contributed by atoms with Gasteiger partial charge in [-0.15, -0.1) is 11.6 Å². The molecule has 0 aromatic heterocycles. The van der Waals surface area contributed by atoms with Crippen molar-refractivity contribution >= 4 is 23.2 Å². The number of amides is 1. The largest absolute Gasteiger partial charge is 0.378 e. The van der Waals surface area contributed by atoms with Crippen LogP contribution in [0.4, 0.5) is 5.69 Å². The molecule has 0 aliphatic carbocycles. The highest BCUT2D eigenvalue weighted by Crippen LogP contribution is 2.16. The summed E-state index contributed by atoms with van der Waals surface area (Å²) < 4.78 is 5.11. The van der Waals surface area contributed by atoms with E-state index >= 15 is 0 Å². The molecule has 1 aromatic rings. The van der Waals surface area contributed by atoms with Crippen LogP contribution in [-0.4, -0.2) is 36.5 Å². The third-order valence-electron chi connectivity index (χ3n) is 2.42. The fourth-order valence-electron chi connectivity index (χ4n) is 1.50. The summed E-state index contributed by atoms with van der Waals surface area (Å²) in [6.07, 6.45) is 0. The molecule has 0 fully saturated rings. The molecule has 6 nitrogen and oxygen atoms in total. The number of carbonyl (C=O) groups is 1. The number of rotatable bonds is 7. The average Bonchev–Trinajstić information content (AvgIpc) is 2.38. The number of hydrogen-bond acceptors (Lipinski definition) is 4. The number of hydrogen-bond donors (Lipinski definition) is 1. The monoisotopic (exact) mass is 286 g/mol. The molecule has 0 unspecified atom stereocenters. The van der Waals surface area contributed by atoms with E-state index in [-0.39, 0.29) is 11.6 Å². The minimum absolute atomic E-state index is 0.0282. The second kappa shape index (κ2) is 7.70. The molecule has 0 aliphatic rings. The summed E-state index contributed by atoms with van der Waals surface area (Å²) in [5, 5.41) is 13.3.